The van der Waals surface area contributed by atoms with Crippen LogP contribution in [-0.2, 0) is 4.79 Å². The zero-order chi connectivity index (χ0) is 13.9. The lowest BCUT2D eigenvalue weighted by Gasteiger charge is -2.31. The summed E-state index contributed by atoms with van der Waals surface area (Å²) in [5.74, 6) is 1.50. The van der Waals surface area contributed by atoms with Crippen molar-refractivity contribution in [1.82, 2.24) is 15.5 Å². The Morgan fingerprint density at radius 1 is 1.45 bits per heavy atom. The molecule has 0 spiro atoms. The largest absolute Gasteiger partial charge is 0.352 e. The normalized spacial score (nSPS) is 22.9. The fourth-order valence-electron chi connectivity index (χ4n) is 2.66. The van der Waals surface area contributed by atoms with E-state index in [4.69, 9.17) is 4.52 Å². The molecule has 3 rings (SSSR count). The highest BCUT2D eigenvalue weighted by Gasteiger charge is 2.31. The van der Waals surface area contributed by atoms with Gasteiger partial charge in [-0.25, -0.2) is 0 Å². The molecule has 1 aromatic heterocycles. The molecule has 2 fully saturated rings. The van der Waals surface area contributed by atoms with Crippen molar-refractivity contribution in [2.75, 3.05) is 18.0 Å². The van der Waals surface area contributed by atoms with E-state index in [1.54, 1.807) is 0 Å². The van der Waals surface area contributed by atoms with Gasteiger partial charge in [-0.3, -0.25) is 4.79 Å². The van der Waals surface area contributed by atoms with Crippen LogP contribution in [0.25, 0.3) is 0 Å². The molecule has 2 aliphatic rings. The third-order valence-corrected chi connectivity index (χ3v) is 3.91. The molecule has 0 radical (unpaired) electrons. The highest BCUT2D eigenvalue weighted by atomic mass is 16.5. The van der Waals surface area contributed by atoms with Crippen LogP contribution in [0.4, 0.5) is 6.01 Å². The predicted octanol–water partition coefficient (Wildman–Crippen LogP) is 1.83. The van der Waals surface area contributed by atoms with Gasteiger partial charge in [0.25, 0.3) is 0 Å². The van der Waals surface area contributed by atoms with Gasteiger partial charge in [-0.05, 0) is 32.1 Å². The van der Waals surface area contributed by atoms with Crippen LogP contribution in [0.15, 0.2) is 4.52 Å². The number of rotatable bonds is 5. The topological polar surface area (TPSA) is 71.3 Å². The molecule has 1 amide bonds. The SMILES string of the molecule is CCCC(=O)NC1CCCN(c2nc(C3CC3)no2)C1. The van der Waals surface area contributed by atoms with E-state index >= 15 is 0 Å². The van der Waals surface area contributed by atoms with Gasteiger partial charge in [0.05, 0.1) is 0 Å². The molecular weight excluding hydrogens is 256 g/mol. The van der Waals surface area contributed by atoms with Gasteiger partial charge in [0, 0.05) is 31.5 Å². The average molecular weight is 278 g/mol. The van der Waals surface area contributed by atoms with Crippen LogP contribution in [0.1, 0.15) is 57.2 Å². The Hall–Kier alpha value is -1.59. The van der Waals surface area contributed by atoms with Gasteiger partial charge in [-0.15, -0.1) is 0 Å². The van der Waals surface area contributed by atoms with Crippen LogP contribution < -0.4 is 10.2 Å². The summed E-state index contributed by atoms with van der Waals surface area (Å²) in [6.07, 6.45) is 5.90. The lowest BCUT2D eigenvalue weighted by molar-refractivity contribution is -0.121. The van der Waals surface area contributed by atoms with Crippen LogP contribution in [0.2, 0.25) is 0 Å². The summed E-state index contributed by atoms with van der Waals surface area (Å²) in [5.41, 5.74) is 0. The van der Waals surface area contributed by atoms with E-state index in [1.165, 1.54) is 12.8 Å². The standard InChI is InChI=1S/C14H22N4O2/c1-2-4-12(19)15-11-5-3-8-18(9-11)14-16-13(17-20-14)10-6-7-10/h10-11H,2-9H2,1H3,(H,15,19). The second-order valence-electron chi connectivity index (χ2n) is 5.81. The molecule has 1 aromatic rings. The molecule has 20 heavy (non-hydrogen) atoms. The van der Waals surface area contributed by atoms with Gasteiger partial charge in [0.1, 0.15) is 0 Å². The summed E-state index contributed by atoms with van der Waals surface area (Å²) in [7, 11) is 0. The fourth-order valence-corrected chi connectivity index (χ4v) is 2.66. The van der Waals surface area contributed by atoms with Crippen molar-refractivity contribution in [3.05, 3.63) is 5.82 Å². The van der Waals surface area contributed by atoms with Gasteiger partial charge >= 0.3 is 6.01 Å². The van der Waals surface area contributed by atoms with E-state index < -0.39 is 0 Å². The lowest BCUT2D eigenvalue weighted by Crippen LogP contribution is -2.47. The summed E-state index contributed by atoms with van der Waals surface area (Å²) >= 11 is 0. The van der Waals surface area contributed by atoms with Gasteiger partial charge in [-0.1, -0.05) is 12.1 Å². The van der Waals surface area contributed by atoms with Crippen LogP contribution in [0.3, 0.4) is 0 Å². The molecule has 0 bridgehead atoms. The highest BCUT2D eigenvalue weighted by Crippen LogP contribution is 2.38. The van der Waals surface area contributed by atoms with Crippen molar-refractivity contribution in [3.63, 3.8) is 0 Å². The lowest BCUT2D eigenvalue weighted by atomic mass is 10.1. The first-order valence-corrected chi connectivity index (χ1v) is 7.64. The summed E-state index contributed by atoms with van der Waals surface area (Å²) in [5, 5.41) is 7.14. The minimum Gasteiger partial charge on any atom is -0.352 e. The molecule has 110 valence electrons. The Balaban J connectivity index is 1.57. The Morgan fingerprint density at radius 2 is 2.30 bits per heavy atom. The van der Waals surface area contributed by atoms with E-state index in [1.807, 2.05) is 6.92 Å². The third kappa shape index (κ3) is 3.11. The smallest absolute Gasteiger partial charge is 0.324 e. The van der Waals surface area contributed by atoms with Gasteiger partial charge in [0.15, 0.2) is 5.82 Å². The first kappa shape index (κ1) is 13.4. The van der Waals surface area contributed by atoms with Crippen molar-refractivity contribution in [1.29, 1.82) is 0 Å². The Morgan fingerprint density at radius 3 is 3.05 bits per heavy atom. The predicted molar refractivity (Wildman–Crippen MR) is 74.6 cm³/mol. The Bertz CT molecular complexity index is 469. The molecule has 1 aliphatic carbocycles. The van der Waals surface area contributed by atoms with Crippen molar-refractivity contribution in [2.45, 2.75) is 57.4 Å². The maximum atomic E-state index is 11.7. The van der Waals surface area contributed by atoms with Gasteiger partial charge < -0.3 is 14.7 Å². The fraction of sp³-hybridized carbons (Fsp3) is 0.786. The molecule has 1 unspecified atom stereocenters. The minimum atomic E-state index is 0.142. The van der Waals surface area contributed by atoms with Crippen molar-refractivity contribution in [2.24, 2.45) is 0 Å². The van der Waals surface area contributed by atoms with E-state index in [0.717, 1.165) is 38.2 Å². The first-order valence-electron chi connectivity index (χ1n) is 7.64. The second kappa shape index (κ2) is 5.81. The van der Waals surface area contributed by atoms with E-state index in [0.29, 0.717) is 18.4 Å². The van der Waals surface area contributed by atoms with E-state index in [-0.39, 0.29) is 11.9 Å². The van der Waals surface area contributed by atoms with Crippen LogP contribution in [-0.4, -0.2) is 35.2 Å². The number of aromatic nitrogens is 2. The molecule has 6 nitrogen and oxygen atoms in total. The number of carbonyl (C=O) groups excluding carboxylic acids is 1. The number of anilines is 1. The molecule has 1 saturated heterocycles. The summed E-state index contributed by atoms with van der Waals surface area (Å²) in [6.45, 7) is 3.71. The molecule has 1 atom stereocenters. The van der Waals surface area contributed by atoms with Crippen LogP contribution in [0.5, 0.6) is 0 Å². The maximum absolute atomic E-state index is 11.7. The van der Waals surface area contributed by atoms with Crippen molar-refractivity contribution < 1.29 is 9.32 Å². The number of amides is 1. The zero-order valence-corrected chi connectivity index (χ0v) is 12.0. The average Bonchev–Trinajstić information content (AvgIpc) is 3.17. The number of hydrogen-bond acceptors (Lipinski definition) is 5. The maximum Gasteiger partial charge on any atom is 0.324 e. The van der Waals surface area contributed by atoms with E-state index in [2.05, 4.69) is 20.4 Å². The highest BCUT2D eigenvalue weighted by molar-refractivity contribution is 5.76. The molecule has 2 heterocycles. The van der Waals surface area contributed by atoms with Crippen molar-refractivity contribution in [3.8, 4) is 0 Å². The zero-order valence-electron chi connectivity index (χ0n) is 12.0. The second-order valence-corrected chi connectivity index (χ2v) is 5.81. The number of piperidine rings is 1. The Kier molecular flexibility index (Phi) is 3.89. The minimum absolute atomic E-state index is 0.142. The van der Waals surface area contributed by atoms with Gasteiger partial charge in [-0.2, -0.15) is 4.98 Å². The quantitative estimate of drug-likeness (QED) is 0.889. The number of nitrogens with one attached hydrogen (secondary N) is 1. The number of carbonyl (C=O) groups is 1. The summed E-state index contributed by atoms with van der Waals surface area (Å²) < 4.78 is 5.36. The third-order valence-electron chi connectivity index (χ3n) is 3.91. The molecule has 1 N–H and O–H groups in total. The number of nitrogens with zero attached hydrogens (tertiary/aromatic N) is 3. The summed E-state index contributed by atoms with van der Waals surface area (Å²) in [4.78, 5) is 18.3. The van der Waals surface area contributed by atoms with Crippen LogP contribution >= 0.6 is 0 Å². The van der Waals surface area contributed by atoms with Crippen LogP contribution in [0, 0.1) is 0 Å². The number of hydrogen-bond donors (Lipinski definition) is 1. The monoisotopic (exact) mass is 278 g/mol. The molecule has 1 saturated carbocycles. The first-order chi connectivity index (χ1) is 9.76. The molecule has 0 aromatic carbocycles. The van der Waals surface area contributed by atoms with E-state index in [9.17, 15) is 4.79 Å². The van der Waals surface area contributed by atoms with Gasteiger partial charge in [0.2, 0.25) is 5.91 Å². The Labute approximate surface area is 118 Å². The van der Waals surface area contributed by atoms with Crippen molar-refractivity contribution >= 4 is 11.9 Å². The molecule has 6 heteroatoms. The molecule has 1 aliphatic heterocycles. The molecular formula is C14H22N4O2. The summed E-state index contributed by atoms with van der Waals surface area (Å²) in [6, 6.07) is 0.806.